The minimum Gasteiger partial charge on any atom is -0.379 e. The summed E-state index contributed by atoms with van der Waals surface area (Å²) in [6, 6.07) is 3.34. The average Bonchev–Trinajstić information content (AvgIpc) is 2.94. The maximum atomic E-state index is 12.5. The summed E-state index contributed by atoms with van der Waals surface area (Å²) < 4.78 is 5.60. The van der Waals surface area contributed by atoms with E-state index >= 15 is 0 Å². The quantitative estimate of drug-likeness (QED) is 0.921. The van der Waals surface area contributed by atoms with Crippen molar-refractivity contribution in [1.29, 1.82) is 0 Å². The molecule has 1 atom stereocenters. The summed E-state index contributed by atoms with van der Waals surface area (Å²) in [6.45, 7) is 2.31. The monoisotopic (exact) mass is 319 g/mol. The van der Waals surface area contributed by atoms with Crippen LogP contribution in [0.2, 0.25) is 0 Å². The molecule has 0 spiro atoms. The number of ether oxygens (including phenoxy) is 1. The zero-order valence-electron chi connectivity index (χ0n) is 12.0. The highest BCUT2D eigenvalue weighted by Gasteiger charge is 2.24. The van der Waals surface area contributed by atoms with Crippen LogP contribution >= 0.6 is 11.3 Å². The molecule has 1 aliphatic rings. The van der Waals surface area contributed by atoms with Crippen LogP contribution < -0.4 is 5.56 Å². The Morgan fingerprint density at radius 3 is 3.23 bits per heavy atom. The number of nitrogens with one attached hydrogen (secondary N) is 1. The van der Waals surface area contributed by atoms with Gasteiger partial charge in [-0.05, 0) is 17.9 Å². The summed E-state index contributed by atoms with van der Waals surface area (Å²) in [5, 5.41) is 3.76. The fourth-order valence-electron chi connectivity index (χ4n) is 2.57. The number of hydrogen-bond acceptors (Lipinski definition) is 5. The molecule has 1 fully saturated rings. The molecular formula is C15H17N3O3S. The Kier molecular flexibility index (Phi) is 4.65. The Balaban J connectivity index is 1.70. The van der Waals surface area contributed by atoms with E-state index in [1.807, 2.05) is 21.7 Å². The van der Waals surface area contributed by atoms with Crippen LogP contribution in [-0.2, 0) is 11.2 Å². The van der Waals surface area contributed by atoms with Crippen LogP contribution in [0.3, 0.4) is 0 Å². The van der Waals surface area contributed by atoms with E-state index < -0.39 is 0 Å². The van der Waals surface area contributed by atoms with Crippen LogP contribution in [0.4, 0.5) is 0 Å². The lowest BCUT2D eigenvalue weighted by Gasteiger charge is -2.23. The fourth-order valence-corrected chi connectivity index (χ4v) is 3.20. The number of rotatable bonds is 3. The number of H-pyrrole nitrogens is 1. The SMILES string of the molecule is O=C(c1ccsc1)N1CCOCC(Cc2cc(=O)[nH]cn2)C1. The Bertz CT molecular complexity index is 683. The average molecular weight is 319 g/mol. The second kappa shape index (κ2) is 6.85. The van der Waals surface area contributed by atoms with Crippen molar-refractivity contribution < 1.29 is 9.53 Å². The maximum Gasteiger partial charge on any atom is 0.254 e. The first-order valence-corrected chi connectivity index (χ1v) is 8.09. The molecule has 1 saturated heterocycles. The number of carbonyl (C=O) groups is 1. The van der Waals surface area contributed by atoms with E-state index in [4.69, 9.17) is 4.74 Å². The molecule has 116 valence electrons. The highest BCUT2D eigenvalue weighted by Crippen LogP contribution is 2.16. The van der Waals surface area contributed by atoms with Crippen LogP contribution in [0.25, 0.3) is 0 Å². The number of hydrogen-bond donors (Lipinski definition) is 1. The molecule has 7 heteroatoms. The van der Waals surface area contributed by atoms with Crippen LogP contribution in [0.1, 0.15) is 16.1 Å². The zero-order chi connectivity index (χ0) is 15.4. The van der Waals surface area contributed by atoms with E-state index in [2.05, 4.69) is 9.97 Å². The third kappa shape index (κ3) is 3.61. The van der Waals surface area contributed by atoms with E-state index in [0.29, 0.717) is 32.7 Å². The van der Waals surface area contributed by atoms with Crippen molar-refractivity contribution in [3.8, 4) is 0 Å². The Morgan fingerprint density at radius 2 is 2.45 bits per heavy atom. The van der Waals surface area contributed by atoms with Gasteiger partial charge < -0.3 is 14.6 Å². The van der Waals surface area contributed by atoms with Crippen molar-refractivity contribution in [2.24, 2.45) is 5.92 Å². The van der Waals surface area contributed by atoms with Crippen molar-refractivity contribution in [1.82, 2.24) is 14.9 Å². The van der Waals surface area contributed by atoms with Crippen molar-refractivity contribution >= 4 is 17.2 Å². The summed E-state index contributed by atoms with van der Waals surface area (Å²) in [5.41, 5.74) is 1.29. The van der Waals surface area contributed by atoms with Crippen molar-refractivity contribution in [3.63, 3.8) is 0 Å². The molecule has 0 saturated carbocycles. The van der Waals surface area contributed by atoms with Crippen LogP contribution in [0.15, 0.2) is 34.0 Å². The molecule has 0 aliphatic carbocycles. The second-order valence-electron chi connectivity index (χ2n) is 5.31. The van der Waals surface area contributed by atoms with Gasteiger partial charge in [0.2, 0.25) is 0 Å². The van der Waals surface area contributed by atoms with E-state index in [9.17, 15) is 9.59 Å². The molecule has 0 bridgehead atoms. The Morgan fingerprint density at radius 1 is 1.55 bits per heavy atom. The van der Waals surface area contributed by atoms with E-state index in [1.54, 1.807) is 0 Å². The first-order valence-electron chi connectivity index (χ1n) is 7.15. The predicted molar refractivity (Wildman–Crippen MR) is 83.1 cm³/mol. The standard InChI is InChI=1S/C15H17N3O3S/c19-14-6-13(16-10-17-14)5-11-7-18(2-3-21-8-11)15(20)12-1-4-22-9-12/h1,4,6,9-11H,2-3,5,7-8H2,(H,16,17,19). The molecule has 0 aromatic carbocycles. The molecule has 6 nitrogen and oxygen atoms in total. The molecule has 1 unspecified atom stereocenters. The maximum absolute atomic E-state index is 12.5. The lowest BCUT2D eigenvalue weighted by atomic mass is 10.0. The van der Waals surface area contributed by atoms with Gasteiger partial charge in [-0.1, -0.05) is 0 Å². The molecule has 0 radical (unpaired) electrons. The number of aromatic amines is 1. The summed E-state index contributed by atoms with van der Waals surface area (Å²) in [7, 11) is 0. The van der Waals surface area contributed by atoms with Gasteiger partial charge >= 0.3 is 0 Å². The van der Waals surface area contributed by atoms with Gasteiger partial charge in [-0.15, -0.1) is 0 Å². The number of nitrogens with zero attached hydrogens (tertiary/aromatic N) is 2. The van der Waals surface area contributed by atoms with Gasteiger partial charge in [0, 0.05) is 36.1 Å². The van der Waals surface area contributed by atoms with Gasteiger partial charge in [0.15, 0.2) is 0 Å². The van der Waals surface area contributed by atoms with Gasteiger partial charge in [0.1, 0.15) is 0 Å². The summed E-state index contributed by atoms with van der Waals surface area (Å²) in [4.78, 5) is 32.3. The first kappa shape index (κ1) is 14.9. The molecular weight excluding hydrogens is 302 g/mol. The van der Waals surface area contributed by atoms with Crippen LogP contribution in [0.5, 0.6) is 0 Å². The molecule has 1 N–H and O–H groups in total. The number of carbonyl (C=O) groups excluding carboxylic acids is 1. The van der Waals surface area contributed by atoms with Gasteiger partial charge in [0.05, 0.1) is 25.1 Å². The molecule has 22 heavy (non-hydrogen) atoms. The topological polar surface area (TPSA) is 75.3 Å². The predicted octanol–water partition coefficient (Wildman–Crippen LogP) is 1.16. The van der Waals surface area contributed by atoms with Crippen molar-refractivity contribution in [2.75, 3.05) is 26.3 Å². The van der Waals surface area contributed by atoms with E-state index in [0.717, 1.165) is 11.3 Å². The molecule has 2 aromatic heterocycles. The van der Waals surface area contributed by atoms with Crippen LogP contribution in [0, 0.1) is 5.92 Å². The largest absolute Gasteiger partial charge is 0.379 e. The number of amides is 1. The van der Waals surface area contributed by atoms with Gasteiger partial charge in [0.25, 0.3) is 11.5 Å². The molecule has 3 rings (SSSR count). The molecule has 3 heterocycles. The molecule has 2 aromatic rings. The van der Waals surface area contributed by atoms with Gasteiger partial charge in [-0.25, -0.2) is 4.98 Å². The third-order valence-electron chi connectivity index (χ3n) is 3.63. The zero-order valence-corrected chi connectivity index (χ0v) is 12.8. The van der Waals surface area contributed by atoms with Crippen LogP contribution in [-0.4, -0.2) is 47.1 Å². The number of aromatic nitrogens is 2. The lowest BCUT2D eigenvalue weighted by Crippen LogP contribution is -2.36. The first-order chi connectivity index (χ1) is 10.7. The van der Waals surface area contributed by atoms with Crippen molar-refractivity contribution in [2.45, 2.75) is 6.42 Å². The minimum atomic E-state index is -0.161. The fraction of sp³-hybridized carbons (Fsp3) is 0.400. The smallest absolute Gasteiger partial charge is 0.254 e. The normalized spacial score (nSPS) is 18.9. The highest BCUT2D eigenvalue weighted by atomic mass is 32.1. The second-order valence-corrected chi connectivity index (χ2v) is 6.09. The molecule has 1 amide bonds. The van der Waals surface area contributed by atoms with Gasteiger partial charge in [-0.2, -0.15) is 11.3 Å². The van der Waals surface area contributed by atoms with E-state index in [-0.39, 0.29) is 17.4 Å². The summed E-state index contributed by atoms with van der Waals surface area (Å²) >= 11 is 1.52. The van der Waals surface area contributed by atoms with Gasteiger partial charge in [-0.3, -0.25) is 9.59 Å². The van der Waals surface area contributed by atoms with E-state index in [1.165, 1.54) is 23.7 Å². The minimum absolute atomic E-state index is 0.0376. The number of thiophene rings is 1. The Labute approximate surface area is 131 Å². The highest BCUT2D eigenvalue weighted by molar-refractivity contribution is 7.08. The third-order valence-corrected chi connectivity index (χ3v) is 4.31. The summed E-state index contributed by atoms with van der Waals surface area (Å²) in [5.74, 6) is 0.176. The Hall–Kier alpha value is -1.99. The van der Waals surface area contributed by atoms with Crippen molar-refractivity contribution in [3.05, 3.63) is 50.8 Å². The lowest BCUT2D eigenvalue weighted by molar-refractivity contribution is 0.0738. The molecule has 1 aliphatic heterocycles. The summed E-state index contributed by atoms with van der Waals surface area (Å²) in [6.07, 6.45) is 2.03.